The van der Waals surface area contributed by atoms with E-state index in [0.717, 1.165) is 30.9 Å². The number of halogens is 1. The van der Waals surface area contributed by atoms with Crippen LogP contribution in [0.4, 0.5) is 11.5 Å². The molecular formula is C16H17ClN4O. The molecule has 114 valence electrons. The molecule has 1 atom stereocenters. The van der Waals surface area contributed by atoms with E-state index in [2.05, 4.69) is 20.2 Å². The molecule has 0 saturated carbocycles. The van der Waals surface area contributed by atoms with Crippen LogP contribution in [0.25, 0.3) is 0 Å². The van der Waals surface area contributed by atoms with E-state index in [0.29, 0.717) is 11.6 Å². The van der Waals surface area contributed by atoms with E-state index in [4.69, 9.17) is 11.6 Å². The van der Waals surface area contributed by atoms with Gasteiger partial charge in [0.15, 0.2) is 0 Å². The highest BCUT2D eigenvalue weighted by molar-refractivity contribution is 6.30. The predicted molar refractivity (Wildman–Crippen MR) is 87.1 cm³/mol. The number of carbonyl (C=O) groups is 1. The summed E-state index contributed by atoms with van der Waals surface area (Å²) in [6.45, 7) is 1.56. The maximum absolute atomic E-state index is 12.4. The van der Waals surface area contributed by atoms with Crippen LogP contribution >= 0.6 is 11.6 Å². The third-order valence-corrected chi connectivity index (χ3v) is 3.99. The topological polar surface area (TPSA) is 58.1 Å². The number of anilines is 2. The molecule has 1 aromatic heterocycles. The molecule has 0 bridgehead atoms. The van der Waals surface area contributed by atoms with Crippen molar-refractivity contribution < 1.29 is 4.79 Å². The first-order valence-electron chi connectivity index (χ1n) is 7.30. The molecule has 1 fully saturated rings. The number of nitrogens with one attached hydrogen (secondary N) is 1. The summed E-state index contributed by atoms with van der Waals surface area (Å²) in [4.78, 5) is 22.9. The quantitative estimate of drug-likeness (QED) is 0.945. The number of nitrogens with zero attached hydrogens (tertiary/aromatic N) is 3. The molecule has 1 aromatic carbocycles. The third-order valence-electron chi connectivity index (χ3n) is 3.76. The number of rotatable bonds is 3. The molecular weight excluding hydrogens is 300 g/mol. The van der Waals surface area contributed by atoms with Gasteiger partial charge in [-0.2, -0.15) is 0 Å². The van der Waals surface area contributed by atoms with Crippen molar-refractivity contribution in [2.75, 3.05) is 23.3 Å². The van der Waals surface area contributed by atoms with Crippen molar-refractivity contribution in [2.45, 2.75) is 12.8 Å². The third kappa shape index (κ3) is 3.54. The maximum atomic E-state index is 12.4. The average Bonchev–Trinajstić information content (AvgIpc) is 2.56. The van der Waals surface area contributed by atoms with E-state index in [-0.39, 0.29) is 11.8 Å². The van der Waals surface area contributed by atoms with Crippen LogP contribution in [-0.4, -0.2) is 29.0 Å². The number of hydrogen-bond acceptors (Lipinski definition) is 4. The van der Waals surface area contributed by atoms with Gasteiger partial charge >= 0.3 is 0 Å². The minimum Gasteiger partial charge on any atom is -0.355 e. The van der Waals surface area contributed by atoms with Gasteiger partial charge in [0.2, 0.25) is 5.91 Å². The van der Waals surface area contributed by atoms with Gasteiger partial charge in [-0.1, -0.05) is 17.7 Å². The second-order valence-electron chi connectivity index (χ2n) is 5.35. The Bertz CT molecular complexity index is 650. The zero-order valence-electron chi connectivity index (χ0n) is 12.1. The van der Waals surface area contributed by atoms with Crippen molar-refractivity contribution >= 4 is 29.0 Å². The monoisotopic (exact) mass is 316 g/mol. The Balaban J connectivity index is 1.65. The summed E-state index contributed by atoms with van der Waals surface area (Å²) in [5.41, 5.74) is 0.731. The standard InChI is InChI=1S/C16H17ClN4O/c17-13-4-1-5-14(9-13)20-16(22)12-3-2-8-21(11-12)15-10-18-6-7-19-15/h1,4-7,9-10,12H,2-3,8,11H2,(H,20,22)/t12-/m0/s1. The highest BCUT2D eigenvalue weighted by Gasteiger charge is 2.26. The van der Waals surface area contributed by atoms with E-state index in [1.807, 2.05) is 12.1 Å². The molecule has 0 aliphatic carbocycles. The van der Waals surface area contributed by atoms with Gasteiger partial charge in [-0.05, 0) is 31.0 Å². The second-order valence-corrected chi connectivity index (χ2v) is 5.78. The Morgan fingerprint density at radius 1 is 1.36 bits per heavy atom. The van der Waals surface area contributed by atoms with E-state index in [1.54, 1.807) is 30.7 Å². The lowest BCUT2D eigenvalue weighted by Gasteiger charge is -2.32. The van der Waals surface area contributed by atoms with Gasteiger partial charge in [-0.15, -0.1) is 0 Å². The summed E-state index contributed by atoms with van der Waals surface area (Å²) in [7, 11) is 0. The van der Waals surface area contributed by atoms with Crippen molar-refractivity contribution in [3.63, 3.8) is 0 Å². The van der Waals surface area contributed by atoms with E-state index in [9.17, 15) is 4.79 Å². The first kappa shape index (κ1) is 14.8. The molecule has 2 aromatic rings. The molecule has 0 unspecified atom stereocenters. The number of aromatic nitrogens is 2. The van der Waals surface area contributed by atoms with Crippen molar-refractivity contribution in [2.24, 2.45) is 5.92 Å². The lowest BCUT2D eigenvalue weighted by molar-refractivity contribution is -0.120. The van der Waals surface area contributed by atoms with E-state index in [1.165, 1.54) is 0 Å². The van der Waals surface area contributed by atoms with Crippen LogP contribution in [0, 0.1) is 5.92 Å². The molecule has 1 aliphatic rings. The van der Waals surface area contributed by atoms with Gasteiger partial charge in [-0.3, -0.25) is 9.78 Å². The Kier molecular flexibility index (Phi) is 4.53. The fraction of sp³-hybridized carbons (Fsp3) is 0.312. The highest BCUT2D eigenvalue weighted by Crippen LogP contribution is 2.23. The van der Waals surface area contributed by atoms with Gasteiger partial charge < -0.3 is 10.2 Å². The summed E-state index contributed by atoms with van der Waals surface area (Å²) in [6.07, 6.45) is 6.90. The maximum Gasteiger partial charge on any atom is 0.229 e. The zero-order valence-corrected chi connectivity index (χ0v) is 12.8. The van der Waals surface area contributed by atoms with Crippen LogP contribution in [0.15, 0.2) is 42.9 Å². The first-order valence-corrected chi connectivity index (χ1v) is 7.67. The largest absolute Gasteiger partial charge is 0.355 e. The first-order chi connectivity index (χ1) is 10.7. The Hall–Kier alpha value is -2.14. The predicted octanol–water partition coefficient (Wildman–Crippen LogP) is 2.99. The zero-order chi connectivity index (χ0) is 15.4. The summed E-state index contributed by atoms with van der Waals surface area (Å²) < 4.78 is 0. The molecule has 5 nitrogen and oxygen atoms in total. The number of piperidine rings is 1. The van der Waals surface area contributed by atoms with Crippen LogP contribution in [0.1, 0.15) is 12.8 Å². The molecule has 1 aliphatic heterocycles. The summed E-state index contributed by atoms with van der Waals surface area (Å²) in [5, 5.41) is 3.55. The van der Waals surface area contributed by atoms with Crippen molar-refractivity contribution in [3.05, 3.63) is 47.9 Å². The Labute approximate surface area is 134 Å². The number of hydrogen-bond donors (Lipinski definition) is 1. The van der Waals surface area contributed by atoms with Crippen LogP contribution in [0.5, 0.6) is 0 Å². The molecule has 1 saturated heterocycles. The van der Waals surface area contributed by atoms with Gasteiger partial charge in [0.25, 0.3) is 0 Å². The molecule has 0 spiro atoms. The summed E-state index contributed by atoms with van der Waals surface area (Å²) in [5.74, 6) is 0.786. The Morgan fingerprint density at radius 2 is 2.27 bits per heavy atom. The molecule has 6 heteroatoms. The number of benzene rings is 1. The van der Waals surface area contributed by atoms with Crippen LogP contribution < -0.4 is 10.2 Å². The second kappa shape index (κ2) is 6.75. The van der Waals surface area contributed by atoms with E-state index < -0.39 is 0 Å². The van der Waals surface area contributed by atoms with Crippen LogP contribution in [0.3, 0.4) is 0 Å². The lowest BCUT2D eigenvalue weighted by Crippen LogP contribution is -2.41. The summed E-state index contributed by atoms with van der Waals surface area (Å²) >= 11 is 5.94. The molecule has 1 amide bonds. The van der Waals surface area contributed by atoms with Gasteiger partial charge in [-0.25, -0.2) is 4.98 Å². The molecule has 2 heterocycles. The summed E-state index contributed by atoms with van der Waals surface area (Å²) in [6, 6.07) is 7.20. The fourth-order valence-electron chi connectivity index (χ4n) is 2.66. The van der Waals surface area contributed by atoms with Crippen molar-refractivity contribution in [1.82, 2.24) is 9.97 Å². The smallest absolute Gasteiger partial charge is 0.229 e. The van der Waals surface area contributed by atoms with Crippen LogP contribution in [0.2, 0.25) is 5.02 Å². The highest BCUT2D eigenvalue weighted by atomic mass is 35.5. The van der Waals surface area contributed by atoms with Gasteiger partial charge in [0, 0.05) is 36.2 Å². The number of amides is 1. The fourth-order valence-corrected chi connectivity index (χ4v) is 2.85. The van der Waals surface area contributed by atoms with E-state index >= 15 is 0 Å². The number of carbonyl (C=O) groups excluding carboxylic acids is 1. The van der Waals surface area contributed by atoms with Crippen molar-refractivity contribution in [1.29, 1.82) is 0 Å². The Morgan fingerprint density at radius 3 is 3.05 bits per heavy atom. The normalized spacial score (nSPS) is 18.0. The minimum atomic E-state index is -0.0604. The molecule has 3 rings (SSSR count). The SMILES string of the molecule is O=C(Nc1cccc(Cl)c1)[C@H]1CCCN(c2cnccn2)C1. The van der Waals surface area contributed by atoms with Crippen molar-refractivity contribution in [3.8, 4) is 0 Å². The van der Waals surface area contributed by atoms with Gasteiger partial charge in [0.05, 0.1) is 12.1 Å². The average molecular weight is 317 g/mol. The lowest BCUT2D eigenvalue weighted by atomic mass is 9.97. The molecule has 0 radical (unpaired) electrons. The molecule has 22 heavy (non-hydrogen) atoms. The minimum absolute atomic E-state index is 0.0239. The van der Waals surface area contributed by atoms with Crippen LogP contribution in [-0.2, 0) is 4.79 Å². The molecule has 1 N–H and O–H groups in total. The van der Waals surface area contributed by atoms with Gasteiger partial charge in [0.1, 0.15) is 5.82 Å².